The van der Waals surface area contributed by atoms with Crippen LogP contribution in [0.4, 0.5) is 21.5 Å². The molecule has 0 aliphatic heterocycles. The van der Waals surface area contributed by atoms with Crippen LogP contribution in [0.1, 0.15) is 20.7 Å². The Bertz CT molecular complexity index is 1170. The third-order valence-electron chi connectivity index (χ3n) is 4.22. The molecule has 0 aromatic heterocycles. The number of methoxy groups -OCH3 is 1. The lowest BCUT2D eigenvalue weighted by Crippen LogP contribution is -2.15. The zero-order valence-corrected chi connectivity index (χ0v) is 16.8. The van der Waals surface area contributed by atoms with Crippen molar-refractivity contribution in [1.82, 2.24) is 0 Å². The van der Waals surface area contributed by atoms with Crippen molar-refractivity contribution in [2.45, 2.75) is 0 Å². The van der Waals surface area contributed by atoms with Gasteiger partial charge in [-0.3, -0.25) is 19.7 Å². The molecule has 3 rings (SSSR count). The molecule has 0 saturated heterocycles. The van der Waals surface area contributed by atoms with Crippen LogP contribution in [0.3, 0.4) is 0 Å². The van der Waals surface area contributed by atoms with Gasteiger partial charge in [-0.1, -0.05) is 11.6 Å². The predicted molar refractivity (Wildman–Crippen MR) is 113 cm³/mol. The lowest BCUT2D eigenvalue weighted by atomic mass is 10.1. The number of amides is 2. The molecule has 10 heteroatoms. The highest BCUT2D eigenvalue weighted by atomic mass is 35.5. The van der Waals surface area contributed by atoms with Gasteiger partial charge in [-0.05, 0) is 48.5 Å². The molecular weight excluding hydrogens is 429 g/mol. The highest BCUT2D eigenvalue weighted by Gasteiger charge is 2.16. The van der Waals surface area contributed by atoms with E-state index in [1.165, 1.54) is 55.6 Å². The fourth-order valence-electron chi connectivity index (χ4n) is 2.68. The summed E-state index contributed by atoms with van der Waals surface area (Å²) in [5, 5.41) is 16.0. The molecule has 31 heavy (non-hydrogen) atoms. The lowest BCUT2D eigenvalue weighted by molar-refractivity contribution is -0.384. The minimum absolute atomic E-state index is 0.138. The Hall–Kier alpha value is -3.98. The van der Waals surface area contributed by atoms with Crippen molar-refractivity contribution in [2.24, 2.45) is 0 Å². The maximum absolute atomic E-state index is 14.0. The summed E-state index contributed by atoms with van der Waals surface area (Å²) in [6, 6.07) is 13.2. The van der Waals surface area contributed by atoms with Crippen LogP contribution in [0.25, 0.3) is 0 Å². The molecule has 0 bridgehead atoms. The first-order valence-corrected chi connectivity index (χ1v) is 9.16. The van der Waals surface area contributed by atoms with Gasteiger partial charge < -0.3 is 15.4 Å². The minimum atomic E-state index is -0.786. The van der Waals surface area contributed by atoms with E-state index in [0.717, 1.165) is 6.07 Å². The quantitative estimate of drug-likeness (QED) is 0.416. The van der Waals surface area contributed by atoms with E-state index < -0.39 is 22.6 Å². The highest BCUT2D eigenvalue weighted by Crippen LogP contribution is 2.29. The monoisotopic (exact) mass is 443 g/mol. The summed E-state index contributed by atoms with van der Waals surface area (Å²) >= 11 is 5.71. The predicted octanol–water partition coefficient (Wildman–Crippen LogP) is 4.90. The van der Waals surface area contributed by atoms with Crippen LogP contribution in [0.2, 0.25) is 5.02 Å². The van der Waals surface area contributed by atoms with Gasteiger partial charge in [0.25, 0.3) is 17.5 Å². The second-order valence-electron chi connectivity index (χ2n) is 6.25. The van der Waals surface area contributed by atoms with Crippen molar-refractivity contribution in [3.8, 4) is 5.75 Å². The Morgan fingerprint density at radius 2 is 1.71 bits per heavy atom. The molecule has 0 fully saturated rings. The van der Waals surface area contributed by atoms with Crippen molar-refractivity contribution in [3.05, 3.63) is 92.7 Å². The van der Waals surface area contributed by atoms with Crippen LogP contribution in [0.15, 0.2) is 60.7 Å². The standard InChI is InChI=1S/C21H15ClFN3O5/c1-31-19-9-5-14(24-20(27)12-2-6-15(7-3-12)26(29)30)11-18(19)25-21(28)16-8-4-13(22)10-17(16)23/h2-11H,1H3,(H,24,27)(H,25,28). The van der Waals surface area contributed by atoms with E-state index >= 15 is 0 Å². The third-order valence-corrected chi connectivity index (χ3v) is 4.46. The number of non-ortho nitro benzene ring substituents is 1. The maximum atomic E-state index is 14.0. The van der Waals surface area contributed by atoms with E-state index in [9.17, 15) is 24.1 Å². The molecule has 3 aromatic rings. The van der Waals surface area contributed by atoms with Crippen molar-refractivity contribution < 1.29 is 23.6 Å². The van der Waals surface area contributed by atoms with Crippen molar-refractivity contribution in [3.63, 3.8) is 0 Å². The average molecular weight is 444 g/mol. The SMILES string of the molecule is COc1ccc(NC(=O)c2ccc([N+](=O)[O-])cc2)cc1NC(=O)c1ccc(Cl)cc1F. The molecule has 0 unspecified atom stereocenters. The zero-order chi connectivity index (χ0) is 22.5. The number of hydrogen-bond acceptors (Lipinski definition) is 5. The Morgan fingerprint density at radius 3 is 2.32 bits per heavy atom. The molecule has 0 spiro atoms. The van der Waals surface area contributed by atoms with E-state index in [0.29, 0.717) is 5.69 Å². The molecule has 0 heterocycles. The summed E-state index contributed by atoms with van der Waals surface area (Å²) in [6.45, 7) is 0. The number of anilines is 2. The minimum Gasteiger partial charge on any atom is -0.495 e. The van der Waals surface area contributed by atoms with Gasteiger partial charge in [0.15, 0.2) is 0 Å². The number of carbonyl (C=O) groups excluding carboxylic acids is 2. The van der Waals surface area contributed by atoms with Crippen LogP contribution in [0.5, 0.6) is 5.75 Å². The normalized spacial score (nSPS) is 10.3. The first kappa shape index (κ1) is 21.7. The Morgan fingerprint density at radius 1 is 1.00 bits per heavy atom. The van der Waals surface area contributed by atoms with E-state index in [4.69, 9.17) is 16.3 Å². The van der Waals surface area contributed by atoms with Crippen LogP contribution >= 0.6 is 11.6 Å². The van der Waals surface area contributed by atoms with Crippen LogP contribution in [0, 0.1) is 15.9 Å². The summed E-state index contributed by atoms with van der Waals surface area (Å²) in [4.78, 5) is 35.0. The van der Waals surface area contributed by atoms with Gasteiger partial charge >= 0.3 is 0 Å². The molecule has 0 saturated carbocycles. The molecule has 0 radical (unpaired) electrons. The molecule has 0 aliphatic carbocycles. The fraction of sp³-hybridized carbons (Fsp3) is 0.0476. The van der Waals surface area contributed by atoms with E-state index in [1.54, 1.807) is 6.07 Å². The van der Waals surface area contributed by atoms with Crippen molar-refractivity contribution in [1.29, 1.82) is 0 Å². The van der Waals surface area contributed by atoms with Gasteiger partial charge in [-0.2, -0.15) is 0 Å². The van der Waals surface area contributed by atoms with Crippen molar-refractivity contribution >= 4 is 40.5 Å². The van der Waals surface area contributed by atoms with Gasteiger partial charge in [-0.25, -0.2) is 4.39 Å². The van der Waals surface area contributed by atoms with Gasteiger partial charge in [0.05, 0.1) is 23.3 Å². The number of benzene rings is 3. The number of halogens is 2. The van der Waals surface area contributed by atoms with E-state index in [1.807, 2.05) is 0 Å². The van der Waals surface area contributed by atoms with Gasteiger partial charge in [-0.15, -0.1) is 0 Å². The van der Waals surface area contributed by atoms with Gasteiger partial charge in [0.2, 0.25) is 0 Å². The number of ether oxygens (including phenoxy) is 1. The third kappa shape index (κ3) is 5.14. The van der Waals surface area contributed by atoms with Crippen LogP contribution in [-0.4, -0.2) is 23.8 Å². The summed E-state index contributed by atoms with van der Waals surface area (Å²) in [5.74, 6) is -1.74. The number of nitrogens with zero attached hydrogens (tertiary/aromatic N) is 1. The van der Waals surface area contributed by atoms with Crippen LogP contribution < -0.4 is 15.4 Å². The van der Waals surface area contributed by atoms with Gasteiger partial charge in [0, 0.05) is 28.4 Å². The Labute approximate surface area is 180 Å². The topological polar surface area (TPSA) is 111 Å². The maximum Gasteiger partial charge on any atom is 0.269 e. The molecule has 2 N–H and O–H groups in total. The number of hydrogen-bond donors (Lipinski definition) is 2. The Kier molecular flexibility index (Phi) is 6.46. The summed E-state index contributed by atoms with van der Waals surface area (Å²) in [6.07, 6.45) is 0. The number of nitro benzene ring substituents is 1. The van der Waals surface area contributed by atoms with Crippen LogP contribution in [-0.2, 0) is 0 Å². The molecule has 2 amide bonds. The number of rotatable bonds is 6. The van der Waals surface area contributed by atoms with E-state index in [2.05, 4.69) is 10.6 Å². The smallest absolute Gasteiger partial charge is 0.269 e. The molecule has 0 aliphatic rings. The summed E-state index contributed by atoms with van der Waals surface area (Å²) in [7, 11) is 1.39. The number of carbonyl (C=O) groups is 2. The summed E-state index contributed by atoms with van der Waals surface area (Å²) in [5.41, 5.74) is 0.363. The Balaban J connectivity index is 1.80. The molecule has 8 nitrogen and oxygen atoms in total. The van der Waals surface area contributed by atoms with Crippen molar-refractivity contribution in [2.75, 3.05) is 17.7 Å². The second kappa shape index (κ2) is 9.23. The summed E-state index contributed by atoms with van der Waals surface area (Å²) < 4.78 is 19.2. The lowest BCUT2D eigenvalue weighted by Gasteiger charge is -2.13. The first-order valence-electron chi connectivity index (χ1n) is 8.78. The van der Waals surface area contributed by atoms with E-state index in [-0.39, 0.29) is 33.3 Å². The first-order chi connectivity index (χ1) is 14.8. The molecule has 158 valence electrons. The molecule has 0 atom stereocenters. The molecular formula is C21H15ClFN3O5. The zero-order valence-electron chi connectivity index (χ0n) is 16.0. The van der Waals surface area contributed by atoms with Gasteiger partial charge in [0.1, 0.15) is 11.6 Å². The highest BCUT2D eigenvalue weighted by molar-refractivity contribution is 6.30. The average Bonchev–Trinajstić information content (AvgIpc) is 2.74. The number of nitrogens with one attached hydrogen (secondary N) is 2. The number of nitro groups is 1. The molecule has 3 aromatic carbocycles. The fourth-order valence-corrected chi connectivity index (χ4v) is 2.84. The second-order valence-corrected chi connectivity index (χ2v) is 6.69. The largest absolute Gasteiger partial charge is 0.495 e.